The molecule has 3 aromatic rings. The average molecular weight is 459 g/mol. The third-order valence-corrected chi connectivity index (χ3v) is 4.81. The molecule has 11 nitrogen and oxygen atoms in total. The van der Waals surface area contributed by atoms with Gasteiger partial charge in [-0.05, 0) is 35.9 Å². The van der Waals surface area contributed by atoms with Crippen LogP contribution in [0.5, 0.6) is 0 Å². The number of nitrogen functional groups attached to an aromatic ring is 2. The van der Waals surface area contributed by atoms with Crippen molar-refractivity contribution in [2.45, 2.75) is 19.0 Å². The summed E-state index contributed by atoms with van der Waals surface area (Å²) in [5.74, 6) is -3.24. The van der Waals surface area contributed by atoms with E-state index >= 15 is 0 Å². The zero-order chi connectivity index (χ0) is 23.4. The lowest BCUT2D eigenvalue weighted by molar-refractivity contribution is -0.145. The number of carboxylic acid groups (broad SMARTS) is 2. The fourth-order valence-corrected chi connectivity index (χ4v) is 3.22. The minimum absolute atomic E-state index is 0.0158. The Morgan fingerprint density at radius 3 is 2.47 bits per heavy atom. The summed E-state index contributed by atoms with van der Waals surface area (Å²) < 4.78 is 0. The molecule has 0 saturated carbocycles. The molecule has 1 atom stereocenters. The number of nitrogens with one attached hydrogen (secondary N) is 2. The van der Waals surface area contributed by atoms with Gasteiger partial charge < -0.3 is 32.3 Å². The van der Waals surface area contributed by atoms with Crippen molar-refractivity contribution >= 4 is 57.8 Å². The Morgan fingerprint density at radius 2 is 1.81 bits per heavy atom. The second-order valence-corrected chi connectivity index (χ2v) is 7.24. The van der Waals surface area contributed by atoms with E-state index in [4.69, 9.17) is 33.3 Å². The lowest BCUT2D eigenvalue weighted by atomic mass is 10.1. The number of carbonyl (C=O) groups is 3. The summed E-state index contributed by atoms with van der Waals surface area (Å²) in [5, 5.41) is 23.9. The molecule has 1 aromatic heterocycles. The highest BCUT2D eigenvalue weighted by Gasteiger charge is 2.24. The number of amides is 1. The van der Waals surface area contributed by atoms with E-state index in [1.165, 1.54) is 12.1 Å². The summed E-state index contributed by atoms with van der Waals surface area (Å²) in [7, 11) is 0. The van der Waals surface area contributed by atoms with Crippen molar-refractivity contribution in [1.82, 2.24) is 15.3 Å². The predicted octanol–water partition coefficient (Wildman–Crippen LogP) is 1.72. The third-order valence-electron chi connectivity index (χ3n) is 4.50. The van der Waals surface area contributed by atoms with Crippen LogP contribution in [-0.2, 0) is 16.1 Å². The molecule has 0 spiro atoms. The topological polar surface area (TPSA) is 194 Å². The van der Waals surface area contributed by atoms with Gasteiger partial charge in [-0.25, -0.2) is 9.78 Å². The first-order chi connectivity index (χ1) is 15.1. The summed E-state index contributed by atoms with van der Waals surface area (Å²) in [6.07, 6.45) is -0.758. The van der Waals surface area contributed by atoms with Crippen LogP contribution in [0.4, 0.5) is 17.5 Å². The molecule has 0 bridgehead atoms. The molecule has 0 aliphatic rings. The summed E-state index contributed by atoms with van der Waals surface area (Å²) in [6, 6.07) is 8.38. The van der Waals surface area contributed by atoms with E-state index in [2.05, 4.69) is 20.6 Å². The normalized spacial score (nSPS) is 11.7. The molecule has 32 heavy (non-hydrogen) atoms. The van der Waals surface area contributed by atoms with Gasteiger partial charge in [-0.1, -0.05) is 17.7 Å². The molecule has 3 rings (SSSR count). The first-order valence-corrected chi connectivity index (χ1v) is 9.62. The fraction of sp³-hybridized carbons (Fsp3) is 0.150. The van der Waals surface area contributed by atoms with Crippen molar-refractivity contribution in [3.63, 3.8) is 0 Å². The van der Waals surface area contributed by atoms with Crippen LogP contribution in [0, 0.1) is 0 Å². The van der Waals surface area contributed by atoms with Crippen molar-refractivity contribution in [3.05, 3.63) is 52.5 Å². The van der Waals surface area contributed by atoms with Gasteiger partial charge in [-0.15, -0.1) is 0 Å². The largest absolute Gasteiger partial charge is 0.481 e. The minimum Gasteiger partial charge on any atom is -0.481 e. The molecular weight excluding hydrogens is 440 g/mol. The van der Waals surface area contributed by atoms with Crippen molar-refractivity contribution in [2.24, 2.45) is 0 Å². The second-order valence-electron chi connectivity index (χ2n) is 6.83. The number of aliphatic carboxylic acids is 2. The SMILES string of the molecule is Nc1nc(N)c2cc(CNc3ccc(C(=O)NC(CC(=O)O)C(=O)O)c(Cl)c3)ccc2n1. The van der Waals surface area contributed by atoms with E-state index in [9.17, 15) is 14.4 Å². The zero-order valence-electron chi connectivity index (χ0n) is 16.5. The summed E-state index contributed by atoms with van der Waals surface area (Å²) in [4.78, 5) is 42.3. The summed E-state index contributed by atoms with van der Waals surface area (Å²) >= 11 is 6.18. The molecule has 0 saturated heterocycles. The number of nitrogens with zero attached hydrogens (tertiary/aromatic N) is 2. The van der Waals surface area contributed by atoms with Crippen molar-refractivity contribution in [1.29, 1.82) is 0 Å². The number of halogens is 1. The maximum Gasteiger partial charge on any atom is 0.326 e. The van der Waals surface area contributed by atoms with Gasteiger partial charge in [-0.3, -0.25) is 9.59 Å². The monoisotopic (exact) mass is 458 g/mol. The number of rotatable bonds is 8. The number of carbonyl (C=O) groups excluding carboxylic acids is 1. The molecule has 8 N–H and O–H groups in total. The zero-order valence-corrected chi connectivity index (χ0v) is 17.3. The molecule has 0 aliphatic heterocycles. The van der Waals surface area contributed by atoms with E-state index in [-0.39, 0.29) is 22.4 Å². The lowest BCUT2D eigenvalue weighted by Gasteiger charge is -2.14. The van der Waals surface area contributed by atoms with Crippen LogP contribution in [0.2, 0.25) is 5.02 Å². The third kappa shape index (κ3) is 5.32. The Bertz CT molecular complexity index is 1220. The highest BCUT2D eigenvalue weighted by Crippen LogP contribution is 2.23. The number of anilines is 3. The number of carboxylic acids is 2. The Morgan fingerprint density at radius 1 is 1.06 bits per heavy atom. The van der Waals surface area contributed by atoms with Gasteiger partial charge in [0.15, 0.2) is 0 Å². The molecule has 2 aromatic carbocycles. The molecule has 166 valence electrons. The van der Waals surface area contributed by atoms with Gasteiger partial charge in [0.25, 0.3) is 5.91 Å². The van der Waals surface area contributed by atoms with E-state index in [1.54, 1.807) is 12.1 Å². The smallest absolute Gasteiger partial charge is 0.326 e. The highest BCUT2D eigenvalue weighted by atomic mass is 35.5. The summed E-state index contributed by atoms with van der Waals surface area (Å²) in [6.45, 7) is 0.404. The van der Waals surface area contributed by atoms with E-state index in [0.717, 1.165) is 5.56 Å². The first-order valence-electron chi connectivity index (χ1n) is 9.24. The molecule has 1 amide bonds. The number of aromatic nitrogens is 2. The van der Waals surface area contributed by atoms with E-state index in [1.807, 2.05) is 12.1 Å². The number of fused-ring (bicyclic) bond motifs is 1. The second kappa shape index (κ2) is 9.35. The number of nitrogens with two attached hydrogens (primary N) is 2. The first kappa shape index (κ1) is 22.6. The highest BCUT2D eigenvalue weighted by molar-refractivity contribution is 6.34. The van der Waals surface area contributed by atoms with Crippen molar-refractivity contribution < 1.29 is 24.6 Å². The Labute approximate surface area is 186 Å². The van der Waals surface area contributed by atoms with Crippen molar-refractivity contribution in [2.75, 3.05) is 16.8 Å². The molecular formula is C20H19ClN6O5. The van der Waals surface area contributed by atoms with Crippen LogP contribution in [0.25, 0.3) is 10.9 Å². The molecule has 0 fully saturated rings. The van der Waals surface area contributed by atoms with Crippen molar-refractivity contribution in [3.8, 4) is 0 Å². The van der Waals surface area contributed by atoms with Gasteiger partial charge in [0.1, 0.15) is 11.9 Å². The fourth-order valence-electron chi connectivity index (χ4n) is 2.95. The van der Waals surface area contributed by atoms with Crippen LogP contribution in [0.3, 0.4) is 0 Å². The standard InChI is InChI=1S/C20H19ClN6O5/c21-13-6-10(2-3-11(13)18(30)25-15(19(31)32)7-16(28)29)24-8-9-1-4-14-12(5-9)17(22)27-20(23)26-14/h1-6,15,24H,7-8H2,(H,25,30)(H,28,29)(H,31,32)(H4,22,23,26,27). The van der Waals surface area contributed by atoms with Gasteiger partial charge in [0.2, 0.25) is 5.95 Å². The summed E-state index contributed by atoms with van der Waals surface area (Å²) in [5.41, 5.74) is 13.6. The predicted molar refractivity (Wildman–Crippen MR) is 118 cm³/mol. The van der Waals surface area contributed by atoms with Gasteiger partial charge >= 0.3 is 11.9 Å². The van der Waals surface area contributed by atoms with Crippen LogP contribution in [0.1, 0.15) is 22.3 Å². The van der Waals surface area contributed by atoms with E-state index in [0.29, 0.717) is 23.1 Å². The quantitative estimate of drug-likeness (QED) is 0.289. The molecule has 1 heterocycles. The minimum atomic E-state index is -1.58. The van der Waals surface area contributed by atoms with Crippen LogP contribution in [0.15, 0.2) is 36.4 Å². The number of benzene rings is 2. The number of hydrogen-bond donors (Lipinski definition) is 6. The lowest BCUT2D eigenvalue weighted by Crippen LogP contribution is -2.42. The maximum atomic E-state index is 12.3. The molecule has 1 unspecified atom stereocenters. The van der Waals surface area contributed by atoms with Gasteiger partial charge in [-0.2, -0.15) is 4.98 Å². The molecule has 0 radical (unpaired) electrons. The number of hydrogen-bond acceptors (Lipinski definition) is 8. The van der Waals surface area contributed by atoms with E-state index < -0.39 is 30.3 Å². The van der Waals surface area contributed by atoms with Crippen LogP contribution >= 0.6 is 11.6 Å². The average Bonchev–Trinajstić information content (AvgIpc) is 2.71. The van der Waals surface area contributed by atoms with Gasteiger partial charge in [0, 0.05) is 17.6 Å². The Hall–Kier alpha value is -4.12. The Balaban J connectivity index is 1.70. The van der Waals surface area contributed by atoms with Crippen LogP contribution in [-0.4, -0.2) is 44.1 Å². The van der Waals surface area contributed by atoms with Crippen LogP contribution < -0.4 is 22.1 Å². The van der Waals surface area contributed by atoms with Gasteiger partial charge in [0.05, 0.1) is 22.5 Å². The molecule has 0 aliphatic carbocycles. The Kier molecular flexibility index (Phi) is 6.59. The maximum absolute atomic E-state index is 12.3. The molecule has 12 heteroatoms.